The van der Waals surface area contributed by atoms with Gasteiger partial charge in [0.25, 0.3) is 5.91 Å². The van der Waals surface area contributed by atoms with Crippen molar-refractivity contribution in [2.24, 2.45) is 0 Å². The number of anilines is 1. The fourth-order valence-corrected chi connectivity index (χ4v) is 3.71. The van der Waals surface area contributed by atoms with Crippen molar-refractivity contribution < 1.29 is 9.18 Å². The average Bonchev–Trinajstić information content (AvgIpc) is 3.53. The molecule has 0 bridgehead atoms. The number of halogens is 1. The Bertz CT molecular complexity index is 1360. The van der Waals surface area contributed by atoms with E-state index in [-0.39, 0.29) is 5.91 Å². The number of nitrogens with zero attached hydrogens (tertiary/aromatic N) is 6. The summed E-state index contributed by atoms with van der Waals surface area (Å²) in [7, 11) is 0. The predicted octanol–water partition coefficient (Wildman–Crippen LogP) is 4.40. The molecule has 0 atom stereocenters. The van der Waals surface area contributed by atoms with Crippen LogP contribution in [-0.2, 0) is 12.1 Å². The number of rotatable bonds is 7. The van der Waals surface area contributed by atoms with E-state index in [2.05, 4.69) is 26.3 Å². The van der Waals surface area contributed by atoms with Crippen LogP contribution in [0.15, 0.2) is 54.6 Å². The average molecular weight is 462 g/mol. The molecule has 166 valence electrons. The molecule has 0 aromatic carbocycles. The van der Waals surface area contributed by atoms with Crippen LogP contribution in [0.5, 0.6) is 0 Å². The third-order valence-electron chi connectivity index (χ3n) is 4.90. The minimum absolute atomic E-state index is 0.308. The predicted molar refractivity (Wildman–Crippen MR) is 124 cm³/mol. The molecule has 4 aromatic heterocycles. The van der Waals surface area contributed by atoms with Crippen molar-refractivity contribution in [3.63, 3.8) is 0 Å². The lowest BCUT2D eigenvalue weighted by molar-refractivity contribution is 0.101. The minimum atomic E-state index is -0.680. The van der Waals surface area contributed by atoms with Crippen molar-refractivity contribution in [1.82, 2.24) is 24.1 Å². The van der Waals surface area contributed by atoms with E-state index in [1.807, 2.05) is 19.2 Å². The van der Waals surface area contributed by atoms with Gasteiger partial charge in [0, 0.05) is 30.5 Å². The number of carbonyl (C=O) groups excluding carboxylic acids is 1. The van der Waals surface area contributed by atoms with Gasteiger partial charge in [-0.3, -0.25) is 10.1 Å². The summed E-state index contributed by atoms with van der Waals surface area (Å²) in [6.07, 6.45) is 10.1. The number of thiazole rings is 1. The highest BCUT2D eigenvalue weighted by Crippen LogP contribution is 2.20. The first-order chi connectivity index (χ1) is 15.8. The van der Waals surface area contributed by atoms with E-state index in [1.165, 1.54) is 23.6 Å². The summed E-state index contributed by atoms with van der Waals surface area (Å²) >= 11 is 1.31. The second kappa shape index (κ2) is 9.18. The van der Waals surface area contributed by atoms with E-state index in [0.717, 1.165) is 0 Å². The highest BCUT2D eigenvalue weighted by Gasteiger charge is 2.18. The van der Waals surface area contributed by atoms with Crippen LogP contribution in [0.1, 0.15) is 41.3 Å². The monoisotopic (exact) mass is 461 g/mol. The molecule has 1 N–H and O–H groups in total. The van der Waals surface area contributed by atoms with Gasteiger partial charge in [-0.25, -0.2) is 15.0 Å². The standard InChI is InChI=1S/C23H20FN7OS/c1-23(2,14-25)31-12-17(27-15-31)5-6-18-13-33-22(28-18)29-21(32)19-4-3-9-30(19)11-16-7-8-26-20(24)10-16/h3-10,12-13,15H,11H2,1-2H3,(H,28,29,32)/b6-5+. The van der Waals surface area contributed by atoms with Crippen molar-refractivity contribution in [3.05, 3.63) is 83.2 Å². The number of aromatic nitrogens is 5. The van der Waals surface area contributed by atoms with E-state index in [4.69, 9.17) is 0 Å². The highest BCUT2D eigenvalue weighted by atomic mass is 32.1. The maximum Gasteiger partial charge on any atom is 0.274 e. The Hall–Kier alpha value is -4.10. The quantitative estimate of drug-likeness (QED) is 0.411. The molecule has 4 heterocycles. The minimum Gasteiger partial charge on any atom is -0.339 e. The van der Waals surface area contributed by atoms with Gasteiger partial charge in [0.2, 0.25) is 5.95 Å². The molecule has 0 fully saturated rings. The topological polar surface area (TPSA) is 101 Å². The summed E-state index contributed by atoms with van der Waals surface area (Å²) in [5.74, 6) is -0.869. The molecule has 0 saturated heterocycles. The third-order valence-corrected chi connectivity index (χ3v) is 5.67. The molecule has 33 heavy (non-hydrogen) atoms. The number of amides is 1. The van der Waals surface area contributed by atoms with Gasteiger partial charge in [0.1, 0.15) is 11.2 Å². The van der Waals surface area contributed by atoms with Crippen LogP contribution in [0.25, 0.3) is 12.2 Å². The van der Waals surface area contributed by atoms with Gasteiger partial charge in [0.15, 0.2) is 5.13 Å². The molecule has 0 unspecified atom stereocenters. The number of nitrogens with one attached hydrogen (secondary N) is 1. The van der Waals surface area contributed by atoms with Crippen molar-refractivity contribution in [1.29, 1.82) is 5.26 Å². The summed E-state index contributed by atoms with van der Waals surface area (Å²) < 4.78 is 16.8. The summed E-state index contributed by atoms with van der Waals surface area (Å²) in [5, 5.41) is 14.3. The summed E-state index contributed by atoms with van der Waals surface area (Å²) in [5.41, 5.74) is 1.83. The highest BCUT2D eigenvalue weighted by molar-refractivity contribution is 7.14. The Morgan fingerprint density at radius 2 is 2.12 bits per heavy atom. The van der Waals surface area contributed by atoms with E-state index in [0.29, 0.717) is 34.3 Å². The summed E-state index contributed by atoms with van der Waals surface area (Å²) in [4.78, 5) is 25.0. The summed E-state index contributed by atoms with van der Waals surface area (Å²) in [6.45, 7) is 3.96. The van der Waals surface area contributed by atoms with Crippen molar-refractivity contribution >= 4 is 34.5 Å². The zero-order chi connectivity index (χ0) is 23.4. The SMILES string of the molecule is CC(C)(C#N)n1cnc(/C=C/c2csc(NC(=O)c3cccn3Cc3ccnc(F)c3)n2)c1. The molecular weight excluding hydrogens is 441 g/mol. The largest absolute Gasteiger partial charge is 0.339 e. The van der Waals surface area contributed by atoms with E-state index in [9.17, 15) is 14.4 Å². The molecule has 0 aliphatic rings. The number of carbonyl (C=O) groups is 1. The van der Waals surface area contributed by atoms with Crippen LogP contribution >= 0.6 is 11.3 Å². The molecular formula is C23H20FN7OS. The molecule has 0 saturated carbocycles. The molecule has 0 spiro atoms. The van der Waals surface area contributed by atoms with Crippen molar-refractivity contribution in [2.75, 3.05) is 5.32 Å². The van der Waals surface area contributed by atoms with Gasteiger partial charge in [-0.05, 0) is 55.8 Å². The van der Waals surface area contributed by atoms with Gasteiger partial charge >= 0.3 is 0 Å². The molecule has 4 aromatic rings. The van der Waals surface area contributed by atoms with E-state index < -0.39 is 11.5 Å². The Morgan fingerprint density at radius 3 is 2.91 bits per heavy atom. The smallest absolute Gasteiger partial charge is 0.274 e. The van der Waals surface area contributed by atoms with Gasteiger partial charge in [-0.2, -0.15) is 9.65 Å². The van der Waals surface area contributed by atoms with Crippen molar-refractivity contribution in [3.8, 4) is 6.07 Å². The second-order valence-corrected chi connectivity index (χ2v) is 8.61. The lowest BCUT2D eigenvalue weighted by Gasteiger charge is -2.16. The van der Waals surface area contributed by atoms with Crippen LogP contribution in [0.2, 0.25) is 0 Å². The molecule has 4 rings (SSSR count). The molecule has 10 heteroatoms. The first kappa shape index (κ1) is 22.1. The molecule has 8 nitrogen and oxygen atoms in total. The Morgan fingerprint density at radius 1 is 1.30 bits per heavy atom. The molecule has 0 aliphatic heterocycles. The molecule has 1 amide bonds. The number of nitriles is 1. The normalized spacial score (nSPS) is 11.6. The van der Waals surface area contributed by atoms with Crippen LogP contribution in [0.4, 0.5) is 9.52 Å². The number of hydrogen-bond acceptors (Lipinski definition) is 6. The molecule has 0 radical (unpaired) electrons. The second-order valence-electron chi connectivity index (χ2n) is 7.75. The Kier molecular flexibility index (Phi) is 6.15. The lowest BCUT2D eigenvalue weighted by atomic mass is 10.1. The fourth-order valence-electron chi connectivity index (χ4n) is 3.04. The third kappa shape index (κ3) is 5.22. The fraction of sp³-hybridized carbons (Fsp3) is 0.174. The maximum atomic E-state index is 13.4. The number of imidazole rings is 1. The Labute approximate surface area is 193 Å². The molecule has 0 aliphatic carbocycles. The van der Waals surface area contributed by atoms with Gasteiger partial charge in [0.05, 0.1) is 23.8 Å². The zero-order valence-electron chi connectivity index (χ0n) is 17.9. The summed E-state index contributed by atoms with van der Waals surface area (Å²) in [6, 6.07) is 8.72. The first-order valence-electron chi connectivity index (χ1n) is 10.0. The van der Waals surface area contributed by atoms with Crippen LogP contribution < -0.4 is 5.32 Å². The van der Waals surface area contributed by atoms with Crippen LogP contribution in [-0.4, -0.2) is 30.0 Å². The van der Waals surface area contributed by atoms with Gasteiger partial charge in [-0.15, -0.1) is 11.3 Å². The lowest BCUT2D eigenvalue weighted by Crippen LogP contribution is -2.22. The zero-order valence-corrected chi connectivity index (χ0v) is 18.8. The van der Waals surface area contributed by atoms with Gasteiger partial charge < -0.3 is 9.13 Å². The van der Waals surface area contributed by atoms with Crippen LogP contribution in [0.3, 0.4) is 0 Å². The first-order valence-corrected chi connectivity index (χ1v) is 10.9. The van der Waals surface area contributed by atoms with Crippen molar-refractivity contribution in [2.45, 2.75) is 25.9 Å². The number of hydrogen-bond donors (Lipinski definition) is 1. The van der Waals surface area contributed by atoms with E-state index >= 15 is 0 Å². The Balaban J connectivity index is 1.41. The van der Waals surface area contributed by atoms with E-state index in [1.54, 1.807) is 58.2 Å². The number of pyridine rings is 1. The van der Waals surface area contributed by atoms with Crippen LogP contribution in [0, 0.1) is 17.3 Å². The van der Waals surface area contributed by atoms with Gasteiger partial charge in [-0.1, -0.05) is 0 Å². The maximum absolute atomic E-state index is 13.4.